The number of benzene rings is 1. The first kappa shape index (κ1) is 13.5. The van der Waals surface area contributed by atoms with Crippen molar-refractivity contribution in [3.05, 3.63) is 58.8 Å². The van der Waals surface area contributed by atoms with E-state index in [4.69, 9.17) is 0 Å². The molecule has 0 unspecified atom stereocenters. The summed E-state index contributed by atoms with van der Waals surface area (Å²) in [5.74, 6) is -0.0446. The van der Waals surface area contributed by atoms with Crippen molar-refractivity contribution in [3.8, 4) is 0 Å². The Labute approximate surface area is 120 Å². The minimum absolute atomic E-state index is 0.0446. The van der Waals surface area contributed by atoms with E-state index in [1.807, 2.05) is 36.4 Å². The van der Waals surface area contributed by atoms with E-state index in [1.165, 1.54) is 0 Å². The van der Waals surface area contributed by atoms with Crippen molar-refractivity contribution in [1.82, 2.24) is 10.3 Å². The quantitative estimate of drug-likeness (QED) is 0.890. The summed E-state index contributed by atoms with van der Waals surface area (Å²) < 4.78 is 0.981. The molecule has 0 saturated heterocycles. The van der Waals surface area contributed by atoms with E-state index in [0.717, 1.165) is 15.7 Å². The first-order chi connectivity index (χ1) is 9.24. The molecule has 0 radical (unpaired) electrons. The van der Waals surface area contributed by atoms with Gasteiger partial charge in [-0.2, -0.15) is 0 Å². The van der Waals surface area contributed by atoms with Crippen molar-refractivity contribution in [2.75, 3.05) is 11.9 Å². The van der Waals surface area contributed by atoms with Gasteiger partial charge >= 0.3 is 0 Å². The molecule has 2 aromatic rings. The van der Waals surface area contributed by atoms with Crippen LogP contribution in [0.4, 0.5) is 5.69 Å². The molecule has 2 N–H and O–H groups in total. The van der Waals surface area contributed by atoms with Gasteiger partial charge in [-0.05, 0) is 35.9 Å². The lowest BCUT2D eigenvalue weighted by molar-refractivity contribution is -0.119. The van der Waals surface area contributed by atoms with Gasteiger partial charge in [0.25, 0.3) is 0 Å². The van der Waals surface area contributed by atoms with Gasteiger partial charge in [-0.25, -0.2) is 0 Å². The van der Waals surface area contributed by atoms with Crippen molar-refractivity contribution < 1.29 is 4.79 Å². The molecule has 0 aliphatic heterocycles. The molecule has 1 heterocycles. The number of hydrogen-bond acceptors (Lipinski definition) is 3. The molecule has 0 saturated carbocycles. The molecule has 19 heavy (non-hydrogen) atoms. The third-order valence-electron chi connectivity index (χ3n) is 2.52. The fourth-order valence-electron chi connectivity index (χ4n) is 1.54. The van der Waals surface area contributed by atoms with Crippen LogP contribution in [-0.4, -0.2) is 17.4 Å². The Morgan fingerprint density at radius 3 is 2.74 bits per heavy atom. The Balaban J connectivity index is 1.76. The average molecular weight is 320 g/mol. The van der Waals surface area contributed by atoms with Gasteiger partial charge < -0.3 is 10.6 Å². The Morgan fingerprint density at radius 1 is 1.21 bits per heavy atom. The summed E-state index contributed by atoms with van der Waals surface area (Å²) in [7, 11) is 0. The van der Waals surface area contributed by atoms with Gasteiger partial charge in [0.1, 0.15) is 0 Å². The summed E-state index contributed by atoms with van der Waals surface area (Å²) >= 11 is 3.38. The predicted molar refractivity (Wildman–Crippen MR) is 78.7 cm³/mol. The zero-order valence-corrected chi connectivity index (χ0v) is 11.9. The van der Waals surface area contributed by atoms with Gasteiger partial charge in [-0.3, -0.25) is 9.78 Å². The Morgan fingerprint density at radius 2 is 2.00 bits per heavy atom. The second kappa shape index (κ2) is 6.89. The molecule has 5 heteroatoms. The minimum atomic E-state index is -0.0446. The van der Waals surface area contributed by atoms with Crippen LogP contribution in [0.2, 0.25) is 0 Å². The van der Waals surface area contributed by atoms with Crippen molar-refractivity contribution in [2.45, 2.75) is 6.54 Å². The van der Waals surface area contributed by atoms with Crippen LogP contribution in [0.25, 0.3) is 0 Å². The lowest BCUT2D eigenvalue weighted by Gasteiger charge is -2.08. The first-order valence-corrected chi connectivity index (χ1v) is 6.68. The summed E-state index contributed by atoms with van der Waals surface area (Å²) in [5.41, 5.74) is 1.94. The number of hydrogen-bond donors (Lipinski definition) is 2. The smallest absolute Gasteiger partial charge is 0.239 e. The number of carbonyl (C=O) groups excluding carboxylic acids is 1. The molecule has 1 amide bonds. The fraction of sp³-hybridized carbons (Fsp3) is 0.143. The molecule has 0 atom stereocenters. The van der Waals surface area contributed by atoms with Gasteiger partial charge in [-0.15, -0.1) is 0 Å². The van der Waals surface area contributed by atoms with E-state index < -0.39 is 0 Å². The number of carbonyl (C=O) groups is 1. The topological polar surface area (TPSA) is 54.0 Å². The molecule has 1 aromatic heterocycles. The molecule has 2 rings (SSSR count). The molecule has 98 valence electrons. The SMILES string of the molecule is O=C(CNc1cccc(Br)c1)NCc1ccncc1. The number of pyridine rings is 1. The van der Waals surface area contributed by atoms with E-state index in [0.29, 0.717) is 6.54 Å². The normalized spacial score (nSPS) is 9.95. The maximum atomic E-state index is 11.7. The van der Waals surface area contributed by atoms with Crippen LogP contribution in [-0.2, 0) is 11.3 Å². The summed E-state index contributed by atoms with van der Waals surface area (Å²) in [4.78, 5) is 15.6. The van der Waals surface area contributed by atoms with Crippen molar-refractivity contribution in [1.29, 1.82) is 0 Å². The predicted octanol–water partition coefficient (Wildman–Crippen LogP) is 2.57. The maximum absolute atomic E-state index is 11.7. The molecule has 0 bridgehead atoms. The van der Waals surface area contributed by atoms with E-state index in [-0.39, 0.29) is 12.5 Å². The number of anilines is 1. The molecule has 1 aromatic carbocycles. The second-order valence-electron chi connectivity index (χ2n) is 4.00. The number of rotatable bonds is 5. The minimum Gasteiger partial charge on any atom is -0.376 e. The van der Waals surface area contributed by atoms with E-state index in [2.05, 4.69) is 31.5 Å². The molecule has 0 aliphatic carbocycles. The van der Waals surface area contributed by atoms with Crippen molar-refractivity contribution in [2.24, 2.45) is 0 Å². The highest BCUT2D eigenvalue weighted by Gasteiger charge is 2.01. The zero-order chi connectivity index (χ0) is 13.5. The number of halogens is 1. The molecular weight excluding hydrogens is 306 g/mol. The van der Waals surface area contributed by atoms with Crippen LogP contribution in [0.5, 0.6) is 0 Å². The van der Waals surface area contributed by atoms with Crippen molar-refractivity contribution >= 4 is 27.5 Å². The molecule has 0 fully saturated rings. The summed E-state index contributed by atoms with van der Waals surface area (Å²) in [6, 6.07) is 11.5. The first-order valence-electron chi connectivity index (χ1n) is 5.89. The fourth-order valence-corrected chi connectivity index (χ4v) is 1.94. The lowest BCUT2D eigenvalue weighted by Crippen LogP contribution is -2.29. The third-order valence-corrected chi connectivity index (χ3v) is 3.01. The highest BCUT2D eigenvalue weighted by molar-refractivity contribution is 9.10. The number of nitrogens with one attached hydrogen (secondary N) is 2. The van der Waals surface area contributed by atoms with Crippen molar-refractivity contribution in [3.63, 3.8) is 0 Å². The van der Waals surface area contributed by atoms with E-state index in [1.54, 1.807) is 12.4 Å². The molecule has 0 spiro atoms. The third kappa shape index (κ3) is 4.71. The maximum Gasteiger partial charge on any atom is 0.239 e. The Kier molecular flexibility index (Phi) is 4.92. The van der Waals surface area contributed by atoms with Gasteiger partial charge in [0.15, 0.2) is 0 Å². The van der Waals surface area contributed by atoms with E-state index in [9.17, 15) is 4.79 Å². The van der Waals surface area contributed by atoms with Crippen LogP contribution in [0.15, 0.2) is 53.3 Å². The van der Waals surface area contributed by atoms with Crippen LogP contribution < -0.4 is 10.6 Å². The Bertz CT molecular complexity index is 545. The molecular formula is C14H14BrN3O. The van der Waals surface area contributed by atoms with Crippen LogP contribution in [0.3, 0.4) is 0 Å². The van der Waals surface area contributed by atoms with Crippen LogP contribution in [0.1, 0.15) is 5.56 Å². The number of aromatic nitrogens is 1. The van der Waals surface area contributed by atoms with Gasteiger partial charge in [0, 0.05) is 29.1 Å². The zero-order valence-electron chi connectivity index (χ0n) is 10.3. The molecule has 0 aliphatic rings. The van der Waals surface area contributed by atoms with E-state index >= 15 is 0 Å². The molecule has 4 nitrogen and oxygen atoms in total. The number of amides is 1. The standard InChI is InChI=1S/C14H14BrN3O/c15-12-2-1-3-13(8-12)17-10-14(19)18-9-11-4-6-16-7-5-11/h1-8,17H,9-10H2,(H,18,19). The second-order valence-corrected chi connectivity index (χ2v) is 4.91. The summed E-state index contributed by atoms with van der Waals surface area (Å²) in [6.45, 7) is 0.767. The average Bonchev–Trinajstić information content (AvgIpc) is 2.44. The van der Waals surface area contributed by atoms with Gasteiger partial charge in [0.05, 0.1) is 6.54 Å². The Hall–Kier alpha value is -1.88. The van der Waals surface area contributed by atoms with Crippen LogP contribution >= 0.6 is 15.9 Å². The monoisotopic (exact) mass is 319 g/mol. The highest BCUT2D eigenvalue weighted by atomic mass is 79.9. The van der Waals surface area contributed by atoms with Gasteiger partial charge in [-0.1, -0.05) is 22.0 Å². The highest BCUT2D eigenvalue weighted by Crippen LogP contribution is 2.15. The largest absolute Gasteiger partial charge is 0.376 e. The van der Waals surface area contributed by atoms with Crippen LogP contribution in [0, 0.1) is 0 Å². The van der Waals surface area contributed by atoms with Gasteiger partial charge in [0.2, 0.25) is 5.91 Å². The summed E-state index contributed by atoms with van der Waals surface area (Å²) in [5, 5.41) is 5.91. The lowest BCUT2D eigenvalue weighted by atomic mass is 10.3. The summed E-state index contributed by atoms with van der Waals surface area (Å²) in [6.07, 6.45) is 3.42. The number of nitrogens with zero attached hydrogens (tertiary/aromatic N) is 1.